The molecule has 0 aromatic heterocycles. The van der Waals surface area contributed by atoms with E-state index in [9.17, 15) is 5.11 Å². The molecule has 0 saturated carbocycles. The van der Waals surface area contributed by atoms with E-state index in [2.05, 4.69) is 33.8 Å². The molecule has 1 atom stereocenters. The molecular formula is C18H38OSn. The van der Waals surface area contributed by atoms with E-state index in [-0.39, 0.29) is 6.10 Å². The van der Waals surface area contributed by atoms with Gasteiger partial charge in [0.25, 0.3) is 0 Å². The van der Waals surface area contributed by atoms with E-state index in [1.807, 2.05) is 6.92 Å². The quantitative estimate of drug-likeness (QED) is 0.401. The molecule has 1 N–H and O–H groups in total. The van der Waals surface area contributed by atoms with Crippen LogP contribution in [0.5, 0.6) is 0 Å². The van der Waals surface area contributed by atoms with Crippen LogP contribution < -0.4 is 0 Å². The van der Waals surface area contributed by atoms with Gasteiger partial charge in [0, 0.05) is 0 Å². The fourth-order valence-electron chi connectivity index (χ4n) is 3.40. The first-order chi connectivity index (χ1) is 9.57. The summed E-state index contributed by atoms with van der Waals surface area (Å²) in [6, 6.07) is 0. The molecule has 120 valence electrons. The van der Waals surface area contributed by atoms with Crippen LogP contribution in [-0.2, 0) is 0 Å². The minimum atomic E-state index is -2.34. The van der Waals surface area contributed by atoms with Crippen molar-refractivity contribution in [1.82, 2.24) is 0 Å². The maximum atomic E-state index is 10.4. The second-order valence-electron chi connectivity index (χ2n) is 6.33. The van der Waals surface area contributed by atoms with Crippen LogP contribution in [0.25, 0.3) is 0 Å². The molecule has 0 radical (unpaired) electrons. The van der Waals surface area contributed by atoms with Crippen molar-refractivity contribution in [3.05, 3.63) is 9.67 Å². The van der Waals surface area contributed by atoms with Gasteiger partial charge in [0.1, 0.15) is 0 Å². The van der Waals surface area contributed by atoms with Crippen molar-refractivity contribution in [2.45, 2.75) is 99.0 Å². The van der Waals surface area contributed by atoms with Crippen LogP contribution in [-0.4, -0.2) is 29.6 Å². The Bertz CT molecular complexity index is 236. The number of aliphatic hydroxyl groups excluding tert-OH is 1. The number of allylic oxidation sites excluding steroid dienone is 1. The molecule has 0 aromatic rings. The molecule has 0 bridgehead atoms. The van der Waals surface area contributed by atoms with Crippen LogP contribution in [0.15, 0.2) is 9.67 Å². The molecule has 0 saturated heterocycles. The Balaban J connectivity index is 5.33. The summed E-state index contributed by atoms with van der Waals surface area (Å²) in [6.45, 7) is 11.2. The number of rotatable bonds is 12. The normalized spacial score (nSPS) is 14.6. The summed E-state index contributed by atoms with van der Waals surface area (Å²) < 4.78 is 5.92. The topological polar surface area (TPSA) is 20.2 Å². The van der Waals surface area contributed by atoms with Gasteiger partial charge in [0.2, 0.25) is 0 Å². The molecule has 1 nitrogen and oxygen atoms in total. The fraction of sp³-hybridized carbons (Fsp3) is 0.889. The Kier molecular flexibility index (Phi) is 12.4. The van der Waals surface area contributed by atoms with Gasteiger partial charge < -0.3 is 0 Å². The molecule has 0 heterocycles. The van der Waals surface area contributed by atoms with Gasteiger partial charge in [-0.2, -0.15) is 0 Å². The van der Waals surface area contributed by atoms with E-state index in [0.29, 0.717) is 0 Å². The summed E-state index contributed by atoms with van der Waals surface area (Å²) in [5.74, 6) is 0. The summed E-state index contributed by atoms with van der Waals surface area (Å²) in [5, 5.41) is 10.4. The third kappa shape index (κ3) is 6.97. The fourth-order valence-corrected chi connectivity index (χ4v) is 21.2. The number of hydrogen-bond donors (Lipinski definition) is 1. The Morgan fingerprint density at radius 2 is 1.30 bits per heavy atom. The molecule has 0 aromatic carbocycles. The molecule has 1 unspecified atom stereocenters. The standard InChI is InChI=1S/C6H11O.3C4H9.Sn/c1-3-4-5-6(2)7;3*1-3-4-2;/h4,6-7H,3H2,1-2H3;3*1,3-4H2,2H3;. The molecule has 20 heavy (non-hydrogen) atoms. The zero-order chi connectivity index (χ0) is 15.4. The Morgan fingerprint density at radius 3 is 1.55 bits per heavy atom. The van der Waals surface area contributed by atoms with Crippen molar-refractivity contribution < 1.29 is 5.11 Å². The number of unbranched alkanes of at least 4 members (excludes halogenated alkanes) is 3. The average molecular weight is 389 g/mol. The van der Waals surface area contributed by atoms with Gasteiger partial charge in [-0.05, 0) is 0 Å². The molecule has 0 aliphatic heterocycles. The van der Waals surface area contributed by atoms with E-state index in [0.717, 1.165) is 6.42 Å². The van der Waals surface area contributed by atoms with Crippen LogP contribution in [0.3, 0.4) is 0 Å². The van der Waals surface area contributed by atoms with Crippen LogP contribution >= 0.6 is 0 Å². The van der Waals surface area contributed by atoms with Crippen LogP contribution in [0.2, 0.25) is 13.3 Å². The number of hydrogen-bond acceptors (Lipinski definition) is 1. The summed E-state index contributed by atoms with van der Waals surface area (Å²) in [6.07, 6.45) is 11.3. The third-order valence-electron chi connectivity index (χ3n) is 4.51. The molecule has 0 fully saturated rings. The Labute approximate surface area is 132 Å². The van der Waals surface area contributed by atoms with Crippen LogP contribution in [0, 0.1) is 0 Å². The molecule has 0 rings (SSSR count). The van der Waals surface area contributed by atoms with Crippen molar-refractivity contribution in [2.24, 2.45) is 0 Å². The van der Waals surface area contributed by atoms with Gasteiger partial charge in [-0.25, -0.2) is 0 Å². The van der Waals surface area contributed by atoms with Gasteiger partial charge >= 0.3 is 132 Å². The first kappa shape index (κ1) is 20.5. The number of aliphatic hydroxyl groups is 1. The maximum absolute atomic E-state index is 10.4. The molecule has 0 aliphatic rings. The summed E-state index contributed by atoms with van der Waals surface area (Å²) >= 11 is -2.34. The second kappa shape index (κ2) is 12.1. The first-order valence-electron chi connectivity index (χ1n) is 8.96. The van der Waals surface area contributed by atoms with Gasteiger partial charge in [-0.1, -0.05) is 0 Å². The zero-order valence-electron chi connectivity index (χ0n) is 14.7. The summed E-state index contributed by atoms with van der Waals surface area (Å²) in [7, 11) is 0. The van der Waals surface area contributed by atoms with E-state index < -0.39 is 18.4 Å². The van der Waals surface area contributed by atoms with Crippen LogP contribution in [0.1, 0.15) is 79.6 Å². The van der Waals surface area contributed by atoms with Crippen LogP contribution in [0.4, 0.5) is 0 Å². The molecule has 0 aliphatic carbocycles. The van der Waals surface area contributed by atoms with Gasteiger partial charge in [0.05, 0.1) is 0 Å². The summed E-state index contributed by atoms with van der Waals surface area (Å²) in [5.41, 5.74) is 0. The second-order valence-corrected chi connectivity index (χ2v) is 19.6. The van der Waals surface area contributed by atoms with Gasteiger partial charge in [-0.15, -0.1) is 0 Å². The summed E-state index contributed by atoms with van der Waals surface area (Å²) in [4.78, 5) is 0. The predicted octanol–water partition coefficient (Wildman–Crippen LogP) is 6.09. The third-order valence-corrected chi connectivity index (χ3v) is 21.0. The average Bonchev–Trinajstić information content (AvgIpc) is 2.44. The first-order valence-corrected chi connectivity index (χ1v) is 16.4. The monoisotopic (exact) mass is 390 g/mol. The van der Waals surface area contributed by atoms with E-state index in [1.165, 1.54) is 55.4 Å². The molecular weight excluding hydrogens is 351 g/mol. The predicted molar refractivity (Wildman–Crippen MR) is 95.0 cm³/mol. The van der Waals surface area contributed by atoms with Crippen molar-refractivity contribution >= 4 is 18.4 Å². The minimum absolute atomic E-state index is 0.198. The van der Waals surface area contributed by atoms with E-state index in [1.54, 1.807) is 0 Å². The van der Waals surface area contributed by atoms with Gasteiger partial charge in [0.15, 0.2) is 0 Å². The Morgan fingerprint density at radius 1 is 0.900 bits per heavy atom. The molecule has 0 spiro atoms. The van der Waals surface area contributed by atoms with E-state index >= 15 is 0 Å². The molecule has 2 heteroatoms. The van der Waals surface area contributed by atoms with Crippen molar-refractivity contribution in [3.8, 4) is 0 Å². The molecule has 0 amide bonds. The SMILES string of the molecule is CCC=[C](C(C)O)[Sn]([CH2]CCC)([CH2]CCC)[CH2]CCC. The van der Waals surface area contributed by atoms with E-state index in [4.69, 9.17) is 0 Å². The van der Waals surface area contributed by atoms with Crippen molar-refractivity contribution in [1.29, 1.82) is 0 Å². The Hall–Kier alpha value is 0.499. The van der Waals surface area contributed by atoms with Crippen molar-refractivity contribution in [3.63, 3.8) is 0 Å². The zero-order valence-corrected chi connectivity index (χ0v) is 17.5. The van der Waals surface area contributed by atoms with Gasteiger partial charge in [-0.3, -0.25) is 0 Å². The van der Waals surface area contributed by atoms with Crippen molar-refractivity contribution in [2.75, 3.05) is 0 Å².